The van der Waals surface area contributed by atoms with Crippen LogP contribution in [0.1, 0.15) is 26.7 Å². The summed E-state index contributed by atoms with van der Waals surface area (Å²) in [5.74, 6) is 0. The molecule has 0 fully saturated rings. The number of aromatic nitrogens is 2. The molecule has 102 valence electrons. The smallest absolute Gasteiger partial charge is 0.283 e. The van der Waals surface area contributed by atoms with Gasteiger partial charge in [0.1, 0.15) is 4.47 Å². The monoisotopic (exact) mass is 317 g/mol. The third-order valence-electron chi connectivity index (χ3n) is 2.41. The van der Waals surface area contributed by atoms with Crippen molar-refractivity contribution in [3.05, 3.63) is 21.0 Å². The molecule has 6 heteroatoms. The molecule has 0 aliphatic heterocycles. The molecule has 0 saturated carbocycles. The Labute approximate surface area is 116 Å². The van der Waals surface area contributed by atoms with E-state index in [1.165, 1.54) is 4.68 Å². The molecule has 0 saturated heterocycles. The fraction of sp³-hybridized carbons (Fsp3) is 0.667. The number of anilines is 1. The van der Waals surface area contributed by atoms with Crippen LogP contribution in [-0.4, -0.2) is 29.5 Å². The third-order valence-corrected chi connectivity index (χ3v) is 3.18. The summed E-state index contributed by atoms with van der Waals surface area (Å²) in [7, 11) is 0. The van der Waals surface area contributed by atoms with E-state index in [0.29, 0.717) is 11.0 Å². The minimum atomic E-state index is -0.107. The van der Waals surface area contributed by atoms with Gasteiger partial charge in [-0.2, -0.15) is 5.10 Å². The summed E-state index contributed by atoms with van der Waals surface area (Å²) < 4.78 is 7.33. The molecule has 0 aromatic carbocycles. The number of aryl methyl sites for hydroxylation is 1. The summed E-state index contributed by atoms with van der Waals surface area (Å²) in [5, 5.41) is 7.25. The molecule has 0 aliphatic carbocycles. The average molecular weight is 318 g/mol. The van der Waals surface area contributed by atoms with Crippen LogP contribution >= 0.6 is 15.9 Å². The summed E-state index contributed by atoms with van der Waals surface area (Å²) in [6.07, 6.45) is 3.61. The van der Waals surface area contributed by atoms with Gasteiger partial charge in [0.2, 0.25) is 0 Å². The van der Waals surface area contributed by atoms with E-state index in [4.69, 9.17) is 4.74 Å². The minimum Gasteiger partial charge on any atom is -0.383 e. The number of rotatable bonds is 8. The Kier molecular flexibility index (Phi) is 6.97. The molecule has 0 spiro atoms. The van der Waals surface area contributed by atoms with E-state index < -0.39 is 0 Å². The molecule has 1 rings (SSSR count). The molecular weight excluding hydrogens is 298 g/mol. The maximum Gasteiger partial charge on any atom is 0.283 e. The van der Waals surface area contributed by atoms with E-state index in [0.717, 1.165) is 38.3 Å². The van der Waals surface area contributed by atoms with E-state index in [1.54, 1.807) is 6.20 Å². The molecule has 0 aliphatic rings. The van der Waals surface area contributed by atoms with Gasteiger partial charge in [-0.15, -0.1) is 0 Å². The molecule has 0 bridgehead atoms. The lowest BCUT2D eigenvalue weighted by atomic mass is 10.4. The first-order valence-electron chi connectivity index (χ1n) is 6.27. The van der Waals surface area contributed by atoms with Gasteiger partial charge >= 0.3 is 0 Å². The zero-order valence-electron chi connectivity index (χ0n) is 10.9. The maximum atomic E-state index is 11.8. The van der Waals surface area contributed by atoms with Gasteiger partial charge in [-0.3, -0.25) is 4.79 Å². The SMILES string of the molecule is CCCOCCCNc1cnn(CC)c(=O)c1Br. The number of hydrogen-bond donors (Lipinski definition) is 1. The van der Waals surface area contributed by atoms with Gasteiger partial charge in [0, 0.05) is 26.3 Å². The fourth-order valence-corrected chi connectivity index (χ4v) is 1.90. The Morgan fingerprint density at radius 1 is 1.44 bits per heavy atom. The van der Waals surface area contributed by atoms with Gasteiger partial charge in [-0.1, -0.05) is 6.92 Å². The first kappa shape index (κ1) is 15.2. The Morgan fingerprint density at radius 2 is 2.22 bits per heavy atom. The third kappa shape index (κ3) is 4.42. The van der Waals surface area contributed by atoms with Crippen molar-refractivity contribution in [1.82, 2.24) is 9.78 Å². The van der Waals surface area contributed by atoms with Crippen LogP contribution in [0.15, 0.2) is 15.5 Å². The van der Waals surface area contributed by atoms with Crippen molar-refractivity contribution in [3.63, 3.8) is 0 Å². The molecule has 5 nitrogen and oxygen atoms in total. The van der Waals surface area contributed by atoms with Gasteiger partial charge < -0.3 is 10.1 Å². The van der Waals surface area contributed by atoms with E-state index in [-0.39, 0.29) is 5.56 Å². The molecule has 1 N–H and O–H groups in total. The van der Waals surface area contributed by atoms with Crippen LogP contribution in [0, 0.1) is 0 Å². The Balaban J connectivity index is 2.43. The quantitative estimate of drug-likeness (QED) is 0.747. The van der Waals surface area contributed by atoms with Gasteiger partial charge in [0.05, 0.1) is 11.9 Å². The van der Waals surface area contributed by atoms with Crippen molar-refractivity contribution in [2.24, 2.45) is 0 Å². The number of ether oxygens (including phenoxy) is 1. The van der Waals surface area contributed by atoms with Crippen molar-refractivity contribution in [2.45, 2.75) is 33.2 Å². The van der Waals surface area contributed by atoms with Crippen molar-refractivity contribution in [3.8, 4) is 0 Å². The van der Waals surface area contributed by atoms with E-state index in [9.17, 15) is 4.79 Å². The van der Waals surface area contributed by atoms with Crippen LogP contribution in [0.4, 0.5) is 5.69 Å². The summed E-state index contributed by atoms with van der Waals surface area (Å²) in [4.78, 5) is 11.8. The van der Waals surface area contributed by atoms with E-state index >= 15 is 0 Å². The number of halogens is 1. The molecule has 1 aromatic heterocycles. The Morgan fingerprint density at radius 3 is 2.89 bits per heavy atom. The van der Waals surface area contributed by atoms with Crippen LogP contribution in [0.25, 0.3) is 0 Å². The predicted molar refractivity (Wildman–Crippen MR) is 76.1 cm³/mol. The van der Waals surface area contributed by atoms with Crippen LogP contribution in [0.3, 0.4) is 0 Å². The van der Waals surface area contributed by atoms with Gasteiger partial charge in [-0.05, 0) is 35.7 Å². The topological polar surface area (TPSA) is 56.1 Å². The minimum absolute atomic E-state index is 0.107. The second kappa shape index (κ2) is 8.26. The zero-order valence-corrected chi connectivity index (χ0v) is 12.5. The highest BCUT2D eigenvalue weighted by Crippen LogP contribution is 2.15. The zero-order chi connectivity index (χ0) is 13.4. The lowest BCUT2D eigenvalue weighted by Gasteiger charge is -2.09. The highest BCUT2D eigenvalue weighted by atomic mass is 79.9. The number of hydrogen-bond acceptors (Lipinski definition) is 4. The summed E-state index contributed by atoms with van der Waals surface area (Å²) in [6, 6.07) is 0. The largest absolute Gasteiger partial charge is 0.383 e. The first-order valence-corrected chi connectivity index (χ1v) is 7.07. The number of nitrogens with zero attached hydrogens (tertiary/aromatic N) is 2. The average Bonchev–Trinajstić information content (AvgIpc) is 2.38. The predicted octanol–water partition coefficient (Wildman–Crippen LogP) is 2.25. The Hall–Kier alpha value is -0.880. The summed E-state index contributed by atoms with van der Waals surface area (Å²) in [6.45, 7) is 6.85. The van der Waals surface area contributed by atoms with Crippen LogP contribution in [0.2, 0.25) is 0 Å². The van der Waals surface area contributed by atoms with Crippen molar-refractivity contribution < 1.29 is 4.74 Å². The maximum absolute atomic E-state index is 11.8. The molecule has 0 atom stereocenters. The Bertz CT molecular complexity index is 420. The standard InChI is InChI=1S/C12H20BrN3O2/c1-3-7-18-8-5-6-14-10-9-15-16(4-2)12(17)11(10)13/h9,14H,3-8H2,1-2H3. The summed E-state index contributed by atoms with van der Waals surface area (Å²) >= 11 is 3.30. The second-order valence-electron chi connectivity index (χ2n) is 3.89. The van der Waals surface area contributed by atoms with E-state index in [2.05, 4.69) is 33.3 Å². The van der Waals surface area contributed by atoms with Gasteiger partial charge in [-0.25, -0.2) is 4.68 Å². The van der Waals surface area contributed by atoms with Gasteiger partial charge in [0.25, 0.3) is 5.56 Å². The lowest BCUT2D eigenvalue weighted by molar-refractivity contribution is 0.134. The van der Waals surface area contributed by atoms with Crippen molar-refractivity contribution in [1.29, 1.82) is 0 Å². The summed E-state index contributed by atoms with van der Waals surface area (Å²) in [5.41, 5.74) is 0.630. The molecule has 1 aromatic rings. The molecular formula is C12H20BrN3O2. The molecule has 0 amide bonds. The molecule has 1 heterocycles. The van der Waals surface area contributed by atoms with E-state index in [1.807, 2.05) is 6.92 Å². The second-order valence-corrected chi connectivity index (χ2v) is 4.68. The van der Waals surface area contributed by atoms with Crippen molar-refractivity contribution in [2.75, 3.05) is 25.1 Å². The van der Waals surface area contributed by atoms with Crippen molar-refractivity contribution >= 4 is 21.6 Å². The normalized spacial score (nSPS) is 10.6. The highest BCUT2D eigenvalue weighted by molar-refractivity contribution is 9.10. The molecule has 0 radical (unpaired) electrons. The highest BCUT2D eigenvalue weighted by Gasteiger charge is 2.06. The van der Waals surface area contributed by atoms with Gasteiger partial charge in [0.15, 0.2) is 0 Å². The number of nitrogens with one attached hydrogen (secondary N) is 1. The fourth-order valence-electron chi connectivity index (χ4n) is 1.46. The molecule has 0 unspecified atom stereocenters. The van der Waals surface area contributed by atoms with Crippen LogP contribution in [0.5, 0.6) is 0 Å². The lowest BCUT2D eigenvalue weighted by Crippen LogP contribution is -2.23. The van der Waals surface area contributed by atoms with Crippen LogP contribution < -0.4 is 10.9 Å². The van der Waals surface area contributed by atoms with Crippen LogP contribution in [-0.2, 0) is 11.3 Å². The molecule has 18 heavy (non-hydrogen) atoms. The first-order chi connectivity index (χ1) is 8.70.